The molecule has 0 spiro atoms. The van der Waals surface area contributed by atoms with Gasteiger partial charge in [-0.25, -0.2) is 19.8 Å². The highest BCUT2D eigenvalue weighted by atomic mass is 16.5. The zero-order valence-electron chi connectivity index (χ0n) is 14.1. The highest BCUT2D eigenvalue weighted by Gasteiger charge is 2.32. The highest BCUT2D eigenvalue weighted by Crippen LogP contribution is 2.26. The van der Waals surface area contributed by atoms with E-state index in [0.717, 1.165) is 11.8 Å². The third-order valence-electron chi connectivity index (χ3n) is 4.02. The van der Waals surface area contributed by atoms with Crippen LogP contribution in [0.3, 0.4) is 0 Å². The van der Waals surface area contributed by atoms with Gasteiger partial charge in [0.25, 0.3) is 5.91 Å². The summed E-state index contributed by atoms with van der Waals surface area (Å²) in [5, 5.41) is 6.37. The Morgan fingerprint density at radius 3 is 2.84 bits per heavy atom. The van der Waals surface area contributed by atoms with Crippen LogP contribution >= 0.6 is 0 Å². The molecule has 0 aliphatic carbocycles. The Hall–Kier alpha value is -3.09. The Labute approximate surface area is 145 Å². The normalized spacial score (nSPS) is 13.8. The van der Waals surface area contributed by atoms with E-state index in [0.29, 0.717) is 30.9 Å². The van der Waals surface area contributed by atoms with Crippen LogP contribution in [0.2, 0.25) is 0 Å². The second kappa shape index (κ2) is 7.21. The first-order valence-corrected chi connectivity index (χ1v) is 8.07. The standard InChI is InChI=1S/C18H20N4O3/c1-3-9-19-18(24)22-11-6-10-21(22)17(23)15-12-16(25-2)13-7-4-5-8-14(13)20-15/h3-5,7-8,12H,1,6,9-11H2,2H3,(H,19,24). The van der Waals surface area contributed by atoms with Gasteiger partial charge in [0, 0.05) is 31.1 Å². The molecule has 7 heteroatoms. The number of benzene rings is 1. The van der Waals surface area contributed by atoms with E-state index in [4.69, 9.17) is 4.74 Å². The summed E-state index contributed by atoms with van der Waals surface area (Å²) in [5.74, 6) is 0.256. The van der Waals surface area contributed by atoms with Gasteiger partial charge >= 0.3 is 6.03 Å². The molecule has 0 bridgehead atoms. The molecule has 25 heavy (non-hydrogen) atoms. The topological polar surface area (TPSA) is 74.8 Å². The third-order valence-corrected chi connectivity index (χ3v) is 4.02. The van der Waals surface area contributed by atoms with Crippen LogP contribution in [0.4, 0.5) is 4.79 Å². The summed E-state index contributed by atoms with van der Waals surface area (Å²) in [4.78, 5) is 29.6. The summed E-state index contributed by atoms with van der Waals surface area (Å²) < 4.78 is 5.39. The van der Waals surface area contributed by atoms with Gasteiger partial charge in [-0.05, 0) is 18.6 Å². The summed E-state index contributed by atoms with van der Waals surface area (Å²) in [6, 6.07) is 8.75. The van der Waals surface area contributed by atoms with E-state index >= 15 is 0 Å². The van der Waals surface area contributed by atoms with Crippen molar-refractivity contribution in [1.82, 2.24) is 20.3 Å². The molecule has 3 amide bonds. The molecule has 0 unspecified atom stereocenters. The molecular formula is C18H20N4O3. The van der Waals surface area contributed by atoms with E-state index in [1.165, 1.54) is 10.0 Å². The van der Waals surface area contributed by atoms with E-state index < -0.39 is 0 Å². The number of hydrogen-bond acceptors (Lipinski definition) is 4. The smallest absolute Gasteiger partial charge is 0.336 e. The Kier molecular flexibility index (Phi) is 4.83. The molecule has 2 heterocycles. The van der Waals surface area contributed by atoms with E-state index in [1.54, 1.807) is 19.3 Å². The fraction of sp³-hybridized carbons (Fsp3) is 0.278. The van der Waals surface area contributed by atoms with Crippen molar-refractivity contribution in [3.8, 4) is 5.75 Å². The molecule has 1 aromatic heterocycles. The lowest BCUT2D eigenvalue weighted by Crippen LogP contribution is -2.49. The largest absolute Gasteiger partial charge is 0.496 e. The van der Waals surface area contributed by atoms with Crippen molar-refractivity contribution in [2.24, 2.45) is 0 Å². The lowest BCUT2D eigenvalue weighted by atomic mass is 10.1. The number of hydrazine groups is 1. The number of nitrogens with one attached hydrogen (secondary N) is 1. The SMILES string of the molecule is C=CCNC(=O)N1CCCN1C(=O)c1cc(OC)c2ccccc2n1. The van der Waals surface area contributed by atoms with Gasteiger partial charge in [0.2, 0.25) is 0 Å². The molecule has 1 fully saturated rings. The number of urea groups is 1. The number of carbonyl (C=O) groups excluding carboxylic acids is 2. The number of methoxy groups -OCH3 is 1. The molecule has 0 saturated carbocycles. The number of nitrogens with zero attached hydrogens (tertiary/aromatic N) is 3. The third kappa shape index (κ3) is 3.26. The molecule has 0 radical (unpaired) electrons. The number of hydrogen-bond donors (Lipinski definition) is 1. The minimum Gasteiger partial charge on any atom is -0.496 e. The van der Waals surface area contributed by atoms with Crippen molar-refractivity contribution < 1.29 is 14.3 Å². The minimum absolute atomic E-state index is 0.249. The average molecular weight is 340 g/mol. The number of amides is 3. The Morgan fingerprint density at radius 1 is 1.32 bits per heavy atom. The lowest BCUT2D eigenvalue weighted by molar-refractivity contribution is 0.0373. The number of para-hydroxylation sites is 1. The summed E-state index contributed by atoms with van der Waals surface area (Å²) in [5.41, 5.74) is 0.922. The average Bonchev–Trinajstić information content (AvgIpc) is 3.14. The molecule has 1 aliphatic heterocycles. The fourth-order valence-electron chi connectivity index (χ4n) is 2.84. The summed E-state index contributed by atoms with van der Waals surface area (Å²) in [6.07, 6.45) is 2.31. The predicted molar refractivity (Wildman–Crippen MR) is 94.3 cm³/mol. The quantitative estimate of drug-likeness (QED) is 0.866. The van der Waals surface area contributed by atoms with Crippen molar-refractivity contribution in [3.05, 3.63) is 48.7 Å². The number of aromatic nitrogens is 1. The number of carbonyl (C=O) groups is 2. The zero-order valence-corrected chi connectivity index (χ0v) is 14.1. The van der Waals surface area contributed by atoms with Crippen LogP contribution in [0.5, 0.6) is 5.75 Å². The molecule has 1 aliphatic rings. The summed E-state index contributed by atoms with van der Waals surface area (Å²) in [7, 11) is 1.56. The van der Waals surface area contributed by atoms with Gasteiger partial charge in [-0.1, -0.05) is 18.2 Å². The van der Waals surface area contributed by atoms with E-state index in [1.807, 2.05) is 24.3 Å². The van der Waals surface area contributed by atoms with Crippen LogP contribution in [0.1, 0.15) is 16.9 Å². The van der Waals surface area contributed by atoms with E-state index in [2.05, 4.69) is 16.9 Å². The molecule has 0 atom stereocenters. The molecule has 1 N–H and O–H groups in total. The number of ether oxygens (including phenoxy) is 1. The Bertz CT molecular complexity index is 821. The van der Waals surface area contributed by atoms with E-state index in [9.17, 15) is 9.59 Å². The van der Waals surface area contributed by atoms with Crippen LogP contribution in [-0.4, -0.2) is 53.7 Å². The van der Waals surface area contributed by atoms with Gasteiger partial charge in [0.1, 0.15) is 11.4 Å². The van der Waals surface area contributed by atoms with Crippen molar-refractivity contribution in [2.45, 2.75) is 6.42 Å². The van der Waals surface area contributed by atoms with Crippen LogP contribution in [0.25, 0.3) is 10.9 Å². The monoisotopic (exact) mass is 340 g/mol. The molecule has 7 nitrogen and oxygen atoms in total. The molecule has 130 valence electrons. The van der Waals surface area contributed by atoms with Crippen molar-refractivity contribution in [1.29, 1.82) is 0 Å². The Morgan fingerprint density at radius 2 is 2.08 bits per heavy atom. The number of fused-ring (bicyclic) bond motifs is 1. The van der Waals surface area contributed by atoms with Crippen LogP contribution in [0.15, 0.2) is 43.0 Å². The van der Waals surface area contributed by atoms with Gasteiger partial charge in [0.15, 0.2) is 0 Å². The van der Waals surface area contributed by atoms with Gasteiger partial charge < -0.3 is 10.1 Å². The van der Waals surface area contributed by atoms with Gasteiger partial charge in [-0.2, -0.15) is 0 Å². The maximum atomic E-state index is 12.9. The molecule has 1 saturated heterocycles. The minimum atomic E-state index is -0.324. The number of rotatable bonds is 4. The first kappa shape index (κ1) is 16.8. The maximum Gasteiger partial charge on any atom is 0.336 e. The zero-order chi connectivity index (χ0) is 17.8. The van der Waals surface area contributed by atoms with Crippen molar-refractivity contribution in [3.63, 3.8) is 0 Å². The summed E-state index contributed by atoms with van der Waals surface area (Å²) in [6.45, 7) is 4.87. The molecule has 2 aromatic rings. The number of pyridine rings is 1. The van der Waals surface area contributed by atoms with Crippen molar-refractivity contribution in [2.75, 3.05) is 26.7 Å². The predicted octanol–water partition coefficient (Wildman–Crippen LogP) is 2.20. The van der Waals surface area contributed by atoms with Crippen LogP contribution in [-0.2, 0) is 0 Å². The molecular weight excluding hydrogens is 320 g/mol. The van der Waals surface area contributed by atoms with Crippen molar-refractivity contribution >= 4 is 22.8 Å². The van der Waals surface area contributed by atoms with E-state index in [-0.39, 0.29) is 17.6 Å². The fourth-order valence-corrected chi connectivity index (χ4v) is 2.84. The molecule has 1 aromatic carbocycles. The maximum absolute atomic E-state index is 12.9. The first-order chi connectivity index (χ1) is 12.2. The van der Waals surface area contributed by atoms with Gasteiger partial charge in [0.05, 0.1) is 12.6 Å². The van der Waals surface area contributed by atoms with Gasteiger partial charge in [-0.3, -0.25) is 4.79 Å². The lowest BCUT2D eigenvalue weighted by Gasteiger charge is -2.27. The second-order valence-corrected chi connectivity index (χ2v) is 5.61. The Balaban J connectivity index is 1.90. The summed E-state index contributed by atoms with van der Waals surface area (Å²) >= 11 is 0. The second-order valence-electron chi connectivity index (χ2n) is 5.61. The van der Waals surface area contributed by atoms with Crippen LogP contribution in [0, 0.1) is 0 Å². The first-order valence-electron chi connectivity index (χ1n) is 8.07. The van der Waals surface area contributed by atoms with Crippen LogP contribution < -0.4 is 10.1 Å². The van der Waals surface area contributed by atoms with Gasteiger partial charge in [-0.15, -0.1) is 6.58 Å². The highest BCUT2D eigenvalue weighted by molar-refractivity contribution is 5.98. The molecule has 3 rings (SSSR count).